The number of H-pyrrole nitrogens is 1. The zero-order valence-electron chi connectivity index (χ0n) is 14.6. The molecule has 1 aliphatic heterocycles. The molecule has 0 spiro atoms. The quantitative estimate of drug-likeness (QED) is 0.574. The van der Waals surface area contributed by atoms with Crippen LogP contribution in [0.4, 0.5) is 5.95 Å². The van der Waals surface area contributed by atoms with E-state index in [-0.39, 0.29) is 29.6 Å². The van der Waals surface area contributed by atoms with Crippen LogP contribution < -0.4 is 11.3 Å². The number of hydrogen-bond acceptors (Lipinski definition) is 9. The Morgan fingerprint density at radius 2 is 2.27 bits per heavy atom. The summed E-state index contributed by atoms with van der Waals surface area (Å²) in [4.78, 5) is 34.0. The lowest BCUT2D eigenvalue weighted by atomic mass is 10.1. The van der Waals surface area contributed by atoms with Gasteiger partial charge in [0.1, 0.15) is 24.9 Å². The van der Waals surface area contributed by atoms with Crippen LogP contribution >= 0.6 is 0 Å². The second-order valence-electron chi connectivity index (χ2n) is 6.32. The van der Waals surface area contributed by atoms with E-state index in [4.69, 9.17) is 19.9 Å². The maximum Gasteiger partial charge on any atom is 0.308 e. The molecule has 3 rings (SSSR count). The monoisotopic (exact) mass is 367 g/mol. The number of fused-ring (bicyclic) bond motifs is 1. The molecule has 2 aromatic rings. The van der Waals surface area contributed by atoms with Gasteiger partial charge in [-0.25, -0.2) is 4.98 Å². The van der Waals surface area contributed by atoms with Crippen molar-refractivity contribution in [2.24, 2.45) is 5.92 Å². The number of nitrogens with one attached hydrogen (secondary N) is 1. The molecular formula is C15H21N5O6. The molecule has 1 saturated heterocycles. The van der Waals surface area contributed by atoms with Crippen LogP contribution in [0.15, 0.2) is 11.1 Å². The van der Waals surface area contributed by atoms with E-state index in [1.54, 1.807) is 13.8 Å². The number of nitrogens with zero attached hydrogens (tertiary/aromatic N) is 3. The number of carbonyl (C=O) groups excluding carboxylic acids is 1. The van der Waals surface area contributed by atoms with Gasteiger partial charge in [0, 0.05) is 7.11 Å². The van der Waals surface area contributed by atoms with Crippen molar-refractivity contribution in [1.82, 2.24) is 19.5 Å². The lowest BCUT2D eigenvalue weighted by Gasteiger charge is -2.19. The summed E-state index contributed by atoms with van der Waals surface area (Å²) >= 11 is 0. The third-order valence-electron chi connectivity index (χ3n) is 4.17. The molecule has 0 bridgehead atoms. The predicted octanol–water partition coefficient (Wildman–Crippen LogP) is -0.826. The van der Waals surface area contributed by atoms with Gasteiger partial charge in [-0.2, -0.15) is 4.98 Å². The number of aliphatic hydroxyl groups is 1. The summed E-state index contributed by atoms with van der Waals surface area (Å²) in [5.74, 6) is -0.759. The number of carbonyl (C=O) groups is 1. The van der Waals surface area contributed by atoms with Gasteiger partial charge in [0.25, 0.3) is 5.56 Å². The lowest BCUT2D eigenvalue weighted by Crippen LogP contribution is -2.36. The number of hydrogen-bond donors (Lipinski definition) is 3. The molecule has 26 heavy (non-hydrogen) atoms. The van der Waals surface area contributed by atoms with E-state index in [0.717, 1.165) is 0 Å². The minimum Gasteiger partial charge on any atom is -0.463 e. The average molecular weight is 367 g/mol. The number of methoxy groups -OCH3 is 1. The van der Waals surface area contributed by atoms with Gasteiger partial charge in [0.2, 0.25) is 5.95 Å². The summed E-state index contributed by atoms with van der Waals surface area (Å²) in [5, 5.41) is 10.5. The van der Waals surface area contributed by atoms with E-state index >= 15 is 0 Å². The van der Waals surface area contributed by atoms with E-state index < -0.39 is 36.1 Å². The highest BCUT2D eigenvalue weighted by Crippen LogP contribution is 2.33. The standard InChI is InChI=1S/C15H21N5O6/c1-6(2)14(23)25-4-7-9(21)10(24-3)13(26-7)20-5-17-8-11(20)18-15(16)19-12(8)22/h5-7,9-10,13,21H,4H2,1-3H3,(H3,16,18,19,22)/t7-,9-,10-,13-/m1/s1. The zero-order valence-corrected chi connectivity index (χ0v) is 14.6. The Labute approximate surface area is 148 Å². The Hall–Kier alpha value is -2.50. The van der Waals surface area contributed by atoms with Gasteiger partial charge in [0.15, 0.2) is 17.4 Å². The van der Waals surface area contributed by atoms with Gasteiger partial charge >= 0.3 is 5.97 Å². The fraction of sp³-hybridized carbons (Fsp3) is 0.600. The first-order chi connectivity index (χ1) is 12.3. The molecule has 1 aliphatic rings. The Kier molecular flexibility index (Phi) is 4.94. The molecule has 0 aliphatic carbocycles. The topological polar surface area (TPSA) is 155 Å². The molecule has 4 atom stereocenters. The molecule has 0 unspecified atom stereocenters. The first-order valence-corrected chi connectivity index (χ1v) is 8.08. The number of esters is 1. The summed E-state index contributed by atoms with van der Waals surface area (Å²) < 4.78 is 17.8. The molecule has 11 nitrogen and oxygen atoms in total. The first kappa shape index (κ1) is 18.3. The fourth-order valence-corrected chi connectivity index (χ4v) is 2.80. The van der Waals surface area contributed by atoms with Crippen molar-refractivity contribution in [2.45, 2.75) is 38.4 Å². The number of aromatic nitrogens is 4. The zero-order chi connectivity index (χ0) is 19.0. The normalized spacial score (nSPS) is 25.9. The van der Waals surface area contributed by atoms with E-state index in [1.165, 1.54) is 18.0 Å². The number of ether oxygens (including phenoxy) is 3. The van der Waals surface area contributed by atoms with Gasteiger partial charge in [0.05, 0.1) is 12.2 Å². The molecule has 0 saturated carbocycles. The number of aliphatic hydroxyl groups excluding tert-OH is 1. The molecule has 142 valence electrons. The maximum atomic E-state index is 11.9. The number of aromatic amines is 1. The van der Waals surface area contributed by atoms with Crippen molar-refractivity contribution in [2.75, 3.05) is 19.5 Å². The van der Waals surface area contributed by atoms with Crippen LogP contribution in [0.5, 0.6) is 0 Å². The smallest absolute Gasteiger partial charge is 0.308 e. The highest BCUT2D eigenvalue weighted by molar-refractivity contribution is 5.71. The van der Waals surface area contributed by atoms with E-state index in [0.29, 0.717) is 0 Å². The molecule has 11 heteroatoms. The van der Waals surface area contributed by atoms with E-state index in [1.807, 2.05) is 0 Å². The van der Waals surface area contributed by atoms with Crippen LogP contribution in [0, 0.1) is 5.92 Å². The summed E-state index contributed by atoms with van der Waals surface area (Å²) in [7, 11) is 1.42. The Bertz CT molecular complexity index is 862. The SMILES string of the molecule is CO[C@@H]1[C@H](O)[C@@H](COC(=O)C(C)C)O[C@H]1n1cnc2c(=O)[nH]c(N)nc21. The minimum atomic E-state index is -1.05. The van der Waals surface area contributed by atoms with Gasteiger partial charge < -0.3 is 25.1 Å². The first-order valence-electron chi connectivity index (χ1n) is 8.08. The van der Waals surface area contributed by atoms with Crippen molar-refractivity contribution < 1.29 is 24.1 Å². The molecule has 3 heterocycles. The number of rotatable bonds is 5. The third-order valence-corrected chi connectivity index (χ3v) is 4.17. The molecule has 1 fully saturated rings. The Morgan fingerprint density at radius 3 is 2.92 bits per heavy atom. The van der Waals surface area contributed by atoms with Crippen molar-refractivity contribution in [3.05, 3.63) is 16.7 Å². The summed E-state index contributed by atoms with van der Waals surface area (Å²) in [5.41, 5.74) is 5.40. The molecular weight excluding hydrogens is 346 g/mol. The van der Waals surface area contributed by atoms with Gasteiger partial charge in [-0.3, -0.25) is 19.1 Å². The van der Waals surface area contributed by atoms with Crippen LogP contribution in [0.2, 0.25) is 0 Å². The maximum absolute atomic E-state index is 11.9. The van der Waals surface area contributed by atoms with E-state index in [2.05, 4.69) is 15.0 Å². The highest BCUT2D eigenvalue weighted by Gasteiger charge is 2.46. The largest absolute Gasteiger partial charge is 0.463 e. The van der Waals surface area contributed by atoms with Crippen LogP contribution in [0.1, 0.15) is 20.1 Å². The van der Waals surface area contributed by atoms with Gasteiger partial charge in [-0.1, -0.05) is 13.8 Å². The van der Waals surface area contributed by atoms with Crippen LogP contribution in [-0.2, 0) is 19.0 Å². The number of imidazole rings is 1. The highest BCUT2D eigenvalue weighted by atomic mass is 16.6. The summed E-state index contributed by atoms with van der Waals surface area (Å²) in [6.07, 6.45) is -2.10. The number of nitrogen functional groups attached to an aromatic ring is 1. The molecule has 0 aromatic carbocycles. The van der Waals surface area contributed by atoms with Crippen molar-refractivity contribution >= 4 is 23.1 Å². The third kappa shape index (κ3) is 3.16. The summed E-state index contributed by atoms with van der Waals surface area (Å²) in [6, 6.07) is 0. The number of anilines is 1. The lowest BCUT2D eigenvalue weighted by molar-refractivity contribution is -0.153. The van der Waals surface area contributed by atoms with Crippen molar-refractivity contribution in [3.8, 4) is 0 Å². The molecule has 4 N–H and O–H groups in total. The van der Waals surface area contributed by atoms with E-state index in [9.17, 15) is 14.7 Å². The Balaban J connectivity index is 1.88. The van der Waals surface area contributed by atoms with Crippen molar-refractivity contribution in [3.63, 3.8) is 0 Å². The molecule has 0 radical (unpaired) electrons. The summed E-state index contributed by atoms with van der Waals surface area (Å²) in [6.45, 7) is 3.29. The second kappa shape index (κ2) is 7.02. The fourth-order valence-electron chi connectivity index (χ4n) is 2.80. The average Bonchev–Trinajstić information content (AvgIpc) is 3.13. The van der Waals surface area contributed by atoms with Crippen LogP contribution in [0.25, 0.3) is 11.2 Å². The molecule has 0 amide bonds. The minimum absolute atomic E-state index is 0.0702. The molecule has 2 aromatic heterocycles. The predicted molar refractivity (Wildman–Crippen MR) is 89.1 cm³/mol. The van der Waals surface area contributed by atoms with Crippen LogP contribution in [-0.4, -0.2) is 62.6 Å². The Morgan fingerprint density at radius 1 is 1.54 bits per heavy atom. The van der Waals surface area contributed by atoms with Gasteiger partial charge in [-0.05, 0) is 0 Å². The van der Waals surface area contributed by atoms with Gasteiger partial charge in [-0.15, -0.1) is 0 Å². The van der Waals surface area contributed by atoms with Crippen molar-refractivity contribution in [1.29, 1.82) is 0 Å². The number of nitrogens with two attached hydrogens (primary N) is 1. The van der Waals surface area contributed by atoms with Crippen LogP contribution in [0.3, 0.4) is 0 Å². The second-order valence-corrected chi connectivity index (χ2v) is 6.32.